The van der Waals surface area contributed by atoms with E-state index in [9.17, 15) is 0 Å². The van der Waals surface area contributed by atoms with E-state index < -0.39 is 0 Å². The molecule has 0 radical (unpaired) electrons. The number of aromatic nitrogens is 3. The van der Waals surface area contributed by atoms with E-state index in [1.54, 1.807) is 0 Å². The Morgan fingerprint density at radius 3 is 2.15 bits per heavy atom. The predicted molar refractivity (Wildman–Crippen MR) is 81.1 cm³/mol. The molecule has 0 amide bonds. The summed E-state index contributed by atoms with van der Waals surface area (Å²) < 4.78 is 0. The average molecular weight is 276 g/mol. The second kappa shape index (κ2) is 5.42. The Balaban J connectivity index is 1.67. The summed E-state index contributed by atoms with van der Waals surface area (Å²) in [6.45, 7) is 0.995. The Labute approximate surface area is 120 Å². The molecule has 0 atom stereocenters. The van der Waals surface area contributed by atoms with Crippen molar-refractivity contribution in [1.29, 1.82) is 0 Å². The highest BCUT2D eigenvalue weighted by atomic mass is 15.3. The first-order chi connectivity index (χ1) is 9.67. The van der Waals surface area contributed by atoms with Gasteiger partial charge in [-0.2, -0.15) is 15.0 Å². The number of nitrogens with one attached hydrogen (secondary N) is 2. The van der Waals surface area contributed by atoms with Gasteiger partial charge in [0.1, 0.15) is 0 Å². The van der Waals surface area contributed by atoms with Gasteiger partial charge in [0.25, 0.3) is 0 Å². The molecule has 2 N–H and O–H groups in total. The lowest BCUT2D eigenvalue weighted by Gasteiger charge is -2.17. The fourth-order valence-corrected chi connectivity index (χ4v) is 2.73. The third-order valence-electron chi connectivity index (χ3n) is 4.20. The van der Waals surface area contributed by atoms with Gasteiger partial charge in [0.2, 0.25) is 17.8 Å². The summed E-state index contributed by atoms with van der Waals surface area (Å²) >= 11 is 0. The van der Waals surface area contributed by atoms with Gasteiger partial charge in [-0.25, -0.2) is 0 Å². The largest absolute Gasteiger partial charge is 0.357 e. The Morgan fingerprint density at radius 2 is 1.65 bits per heavy atom. The zero-order valence-electron chi connectivity index (χ0n) is 12.6. The van der Waals surface area contributed by atoms with E-state index in [0.29, 0.717) is 17.8 Å². The highest BCUT2D eigenvalue weighted by Gasteiger charge is 2.41. The molecule has 2 aliphatic rings. The maximum atomic E-state index is 4.46. The predicted octanol–water partition coefficient (Wildman–Crippen LogP) is 1.83. The summed E-state index contributed by atoms with van der Waals surface area (Å²) in [6.07, 6.45) is 5.63. The lowest BCUT2D eigenvalue weighted by molar-refractivity contribution is 0.427. The summed E-state index contributed by atoms with van der Waals surface area (Å²) in [5.74, 6) is 4.66. The third kappa shape index (κ3) is 3.11. The van der Waals surface area contributed by atoms with Gasteiger partial charge >= 0.3 is 0 Å². The van der Waals surface area contributed by atoms with Crippen molar-refractivity contribution in [3.05, 3.63) is 0 Å². The highest BCUT2D eigenvalue weighted by molar-refractivity contribution is 5.42. The Hall–Kier alpha value is -1.59. The first-order valence-electron chi connectivity index (χ1n) is 7.52. The zero-order valence-corrected chi connectivity index (χ0v) is 12.6. The van der Waals surface area contributed by atoms with Crippen LogP contribution in [0.25, 0.3) is 0 Å². The minimum absolute atomic E-state index is 0.612. The zero-order chi connectivity index (χ0) is 14.1. The van der Waals surface area contributed by atoms with Crippen molar-refractivity contribution >= 4 is 17.8 Å². The van der Waals surface area contributed by atoms with E-state index in [2.05, 4.69) is 25.6 Å². The van der Waals surface area contributed by atoms with Gasteiger partial charge in [0, 0.05) is 27.7 Å². The van der Waals surface area contributed by atoms with Crippen molar-refractivity contribution in [2.24, 2.45) is 17.8 Å². The number of nitrogens with zero attached hydrogens (tertiary/aromatic N) is 4. The molecule has 6 heteroatoms. The molecule has 2 fully saturated rings. The third-order valence-corrected chi connectivity index (χ3v) is 4.20. The molecule has 0 aliphatic heterocycles. The van der Waals surface area contributed by atoms with Crippen molar-refractivity contribution in [3.63, 3.8) is 0 Å². The Bertz CT molecular complexity index is 455. The van der Waals surface area contributed by atoms with Crippen LogP contribution in [-0.2, 0) is 0 Å². The molecule has 6 nitrogen and oxygen atoms in total. The summed E-state index contributed by atoms with van der Waals surface area (Å²) in [7, 11) is 5.71. The molecule has 0 saturated heterocycles. The first kappa shape index (κ1) is 13.4. The molecular formula is C14H24N6. The highest BCUT2D eigenvalue weighted by Crippen LogP contribution is 2.49. The van der Waals surface area contributed by atoms with Crippen molar-refractivity contribution in [3.8, 4) is 0 Å². The minimum Gasteiger partial charge on any atom is -0.357 e. The molecule has 2 saturated carbocycles. The number of hydrogen-bond donors (Lipinski definition) is 2. The lowest BCUT2D eigenvalue weighted by Crippen LogP contribution is -2.21. The summed E-state index contributed by atoms with van der Waals surface area (Å²) in [6, 6.07) is 0. The molecule has 2 aliphatic carbocycles. The van der Waals surface area contributed by atoms with Crippen molar-refractivity contribution < 1.29 is 0 Å². The van der Waals surface area contributed by atoms with Crippen LogP contribution in [0.1, 0.15) is 25.7 Å². The Kier molecular flexibility index (Phi) is 3.63. The van der Waals surface area contributed by atoms with E-state index in [0.717, 1.165) is 24.3 Å². The van der Waals surface area contributed by atoms with Gasteiger partial charge in [0.15, 0.2) is 0 Å². The van der Waals surface area contributed by atoms with Crippen molar-refractivity contribution in [2.75, 3.05) is 43.2 Å². The van der Waals surface area contributed by atoms with E-state index in [-0.39, 0.29) is 0 Å². The van der Waals surface area contributed by atoms with Crippen LogP contribution < -0.4 is 15.5 Å². The van der Waals surface area contributed by atoms with Crippen LogP contribution in [0.2, 0.25) is 0 Å². The quantitative estimate of drug-likeness (QED) is 0.792. The van der Waals surface area contributed by atoms with Gasteiger partial charge in [-0.3, -0.25) is 0 Å². The van der Waals surface area contributed by atoms with Crippen LogP contribution >= 0.6 is 0 Å². The maximum absolute atomic E-state index is 4.46. The molecule has 0 aromatic carbocycles. The summed E-state index contributed by atoms with van der Waals surface area (Å²) in [5, 5.41) is 6.42. The summed E-state index contributed by atoms with van der Waals surface area (Å²) in [5.41, 5.74) is 0. The molecule has 1 heterocycles. The van der Waals surface area contributed by atoms with Crippen LogP contribution in [0.4, 0.5) is 17.8 Å². The molecule has 20 heavy (non-hydrogen) atoms. The monoisotopic (exact) mass is 276 g/mol. The van der Waals surface area contributed by atoms with Gasteiger partial charge in [-0.1, -0.05) is 0 Å². The number of rotatable bonds is 7. The van der Waals surface area contributed by atoms with Gasteiger partial charge in [-0.05, 0) is 43.4 Å². The molecule has 0 spiro atoms. The molecule has 0 bridgehead atoms. The second-order valence-corrected chi connectivity index (χ2v) is 6.15. The standard InChI is InChI=1S/C14H24N6/c1-15-12-17-13(19-14(18-12)20(2)3)16-8-11(9-4-5-9)10-6-7-10/h9-11H,4-8H2,1-3H3,(H2,15,16,17,18,19). The fourth-order valence-electron chi connectivity index (χ4n) is 2.73. The summed E-state index contributed by atoms with van der Waals surface area (Å²) in [4.78, 5) is 15.1. The van der Waals surface area contributed by atoms with Crippen LogP contribution in [-0.4, -0.2) is 42.6 Å². The Morgan fingerprint density at radius 1 is 1.05 bits per heavy atom. The van der Waals surface area contributed by atoms with E-state index in [4.69, 9.17) is 0 Å². The van der Waals surface area contributed by atoms with Crippen LogP contribution in [0, 0.1) is 17.8 Å². The van der Waals surface area contributed by atoms with Gasteiger partial charge in [-0.15, -0.1) is 0 Å². The van der Waals surface area contributed by atoms with Crippen molar-refractivity contribution in [2.45, 2.75) is 25.7 Å². The SMILES string of the molecule is CNc1nc(NCC(C2CC2)C2CC2)nc(N(C)C)n1. The van der Waals surface area contributed by atoms with E-state index >= 15 is 0 Å². The average Bonchev–Trinajstić information content (AvgIpc) is 3.31. The van der Waals surface area contributed by atoms with Crippen LogP contribution in [0.5, 0.6) is 0 Å². The molecule has 1 aromatic rings. The fraction of sp³-hybridized carbons (Fsp3) is 0.786. The van der Waals surface area contributed by atoms with Crippen LogP contribution in [0.3, 0.4) is 0 Å². The number of anilines is 3. The maximum Gasteiger partial charge on any atom is 0.231 e. The normalized spacial score (nSPS) is 18.2. The minimum atomic E-state index is 0.612. The molecule has 3 rings (SSSR count). The van der Waals surface area contributed by atoms with E-state index in [1.165, 1.54) is 25.7 Å². The first-order valence-corrected chi connectivity index (χ1v) is 7.52. The van der Waals surface area contributed by atoms with Crippen LogP contribution in [0.15, 0.2) is 0 Å². The lowest BCUT2D eigenvalue weighted by atomic mass is 9.98. The molecule has 0 unspecified atom stereocenters. The topological polar surface area (TPSA) is 66.0 Å². The van der Waals surface area contributed by atoms with Crippen molar-refractivity contribution in [1.82, 2.24) is 15.0 Å². The second-order valence-electron chi connectivity index (χ2n) is 6.15. The smallest absolute Gasteiger partial charge is 0.231 e. The molecule has 110 valence electrons. The molecule has 1 aromatic heterocycles. The number of hydrogen-bond acceptors (Lipinski definition) is 6. The van der Waals surface area contributed by atoms with Gasteiger partial charge < -0.3 is 15.5 Å². The van der Waals surface area contributed by atoms with E-state index in [1.807, 2.05) is 26.0 Å². The molecular weight excluding hydrogens is 252 g/mol. The van der Waals surface area contributed by atoms with Gasteiger partial charge in [0.05, 0.1) is 0 Å².